The summed E-state index contributed by atoms with van der Waals surface area (Å²) in [5.74, 6) is -2.08. The Bertz CT molecular complexity index is 900. The Morgan fingerprint density at radius 1 is 1.28 bits per heavy atom. The number of ether oxygens (including phenoxy) is 1. The minimum atomic E-state index is -0.976. The van der Waals surface area contributed by atoms with Crippen LogP contribution in [0, 0.1) is 17.0 Å². The number of hydrogen-bond acceptors (Lipinski definition) is 5. The molecule has 7 nitrogen and oxygen atoms in total. The van der Waals surface area contributed by atoms with Crippen molar-refractivity contribution in [2.24, 2.45) is 5.41 Å². The molecule has 1 fully saturated rings. The van der Waals surface area contributed by atoms with Crippen molar-refractivity contribution in [1.82, 2.24) is 20.9 Å². The number of likely N-dealkylation sites (N-methyl/N-ethyl adjacent to an activating group) is 1. The van der Waals surface area contributed by atoms with Crippen molar-refractivity contribution in [2.45, 2.75) is 58.3 Å². The van der Waals surface area contributed by atoms with Gasteiger partial charge in [0.25, 0.3) is 0 Å². The third-order valence-electron chi connectivity index (χ3n) is 6.07. The highest BCUT2D eigenvalue weighted by Crippen LogP contribution is 2.32. The molecule has 0 bridgehead atoms. The standard InChI is InChI=1S/C23H32F2N4O3/c1-13(26-5)21(30)28-20(23(2,3)4)22(31)29-9-8-18-19(29)14(11-27-18)12-32-15-6-7-16(24)17(25)10-15/h6-7,10-11,13,18-20,26-27H,8-9,12H2,1-5H3,(H,28,30). The van der Waals surface area contributed by atoms with Crippen molar-refractivity contribution in [3.63, 3.8) is 0 Å². The predicted octanol–water partition coefficient (Wildman–Crippen LogP) is 1.94. The SMILES string of the molecule is CNC(C)C(=O)NC(C(=O)N1CCC2NC=C(COc3ccc(F)c(F)c3)C21)C(C)(C)C. The van der Waals surface area contributed by atoms with E-state index in [0.29, 0.717) is 6.54 Å². The van der Waals surface area contributed by atoms with Crippen molar-refractivity contribution in [1.29, 1.82) is 0 Å². The highest BCUT2D eigenvalue weighted by atomic mass is 19.2. The maximum Gasteiger partial charge on any atom is 0.246 e. The minimum Gasteiger partial charge on any atom is -0.489 e. The van der Waals surface area contributed by atoms with E-state index < -0.39 is 29.1 Å². The van der Waals surface area contributed by atoms with Crippen LogP contribution in [0.5, 0.6) is 5.75 Å². The largest absolute Gasteiger partial charge is 0.489 e. The molecule has 32 heavy (non-hydrogen) atoms. The first-order valence-corrected chi connectivity index (χ1v) is 10.8. The molecule has 0 saturated carbocycles. The summed E-state index contributed by atoms with van der Waals surface area (Å²) in [6.07, 6.45) is 2.59. The third kappa shape index (κ3) is 5.03. The number of amides is 2. The first-order valence-electron chi connectivity index (χ1n) is 10.8. The van der Waals surface area contributed by atoms with Gasteiger partial charge in [0.2, 0.25) is 11.8 Å². The van der Waals surface area contributed by atoms with Crippen LogP contribution < -0.4 is 20.7 Å². The fraction of sp³-hybridized carbons (Fsp3) is 0.565. The van der Waals surface area contributed by atoms with E-state index in [1.807, 2.05) is 27.0 Å². The maximum atomic E-state index is 13.6. The molecular weight excluding hydrogens is 418 g/mol. The lowest BCUT2D eigenvalue weighted by Crippen LogP contribution is -2.58. The van der Waals surface area contributed by atoms with E-state index in [4.69, 9.17) is 4.74 Å². The number of rotatable bonds is 7. The van der Waals surface area contributed by atoms with E-state index in [2.05, 4.69) is 16.0 Å². The molecule has 0 spiro atoms. The second kappa shape index (κ2) is 9.44. The molecule has 1 aromatic carbocycles. The van der Waals surface area contributed by atoms with Crippen LogP contribution in [-0.2, 0) is 9.59 Å². The van der Waals surface area contributed by atoms with Crippen LogP contribution in [0.2, 0.25) is 0 Å². The summed E-state index contributed by atoms with van der Waals surface area (Å²) >= 11 is 0. The molecule has 0 aromatic heterocycles. The number of fused-ring (bicyclic) bond motifs is 1. The van der Waals surface area contributed by atoms with Crippen LogP contribution in [-0.4, -0.2) is 61.1 Å². The van der Waals surface area contributed by atoms with Crippen LogP contribution in [0.4, 0.5) is 8.78 Å². The van der Waals surface area contributed by atoms with Crippen molar-refractivity contribution in [3.8, 4) is 5.75 Å². The molecule has 3 N–H and O–H groups in total. The molecule has 9 heteroatoms. The highest BCUT2D eigenvalue weighted by molar-refractivity contribution is 5.90. The summed E-state index contributed by atoms with van der Waals surface area (Å²) in [4.78, 5) is 27.9. The summed E-state index contributed by atoms with van der Waals surface area (Å²) in [5, 5.41) is 9.09. The Labute approximate surface area is 187 Å². The van der Waals surface area contributed by atoms with E-state index in [1.165, 1.54) is 6.07 Å². The molecule has 3 rings (SSSR count). The number of nitrogens with zero attached hydrogens (tertiary/aromatic N) is 1. The second-order valence-corrected chi connectivity index (χ2v) is 9.44. The van der Waals surface area contributed by atoms with Crippen LogP contribution in [0.15, 0.2) is 30.0 Å². The van der Waals surface area contributed by atoms with Crippen LogP contribution in [0.3, 0.4) is 0 Å². The molecule has 1 aromatic rings. The van der Waals surface area contributed by atoms with Gasteiger partial charge in [0.05, 0.1) is 18.1 Å². The Morgan fingerprint density at radius 3 is 2.62 bits per heavy atom. The summed E-state index contributed by atoms with van der Waals surface area (Å²) in [6, 6.07) is 2.09. The van der Waals surface area contributed by atoms with Gasteiger partial charge < -0.3 is 25.6 Å². The highest BCUT2D eigenvalue weighted by Gasteiger charge is 2.46. The Balaban J connectivity index is 1.73. The van der Waals surface area contributed by atoms with Gasteiger partial charge in [-0.25, -0.2) is 8.78 Å². The zero-order valence-corrected chi connectivity index (χ0v) is 19.2. The van der Waals surface area contributed by atoms with E-state index >= 15 is 0 Å². The van der Waals surface area contributed by atoms with E-state index in [1.54, 1.807) is 18.9 Å². The average Bonchev–Trinajstić information content (AvgIpc) is 3.33. The Kier molecular flexibility index (Phi) is 7.07. The van der Waals surface area contributed by atoms with Crippen molar-refractivity contribution in [3.05, 3.63) is 41.6 Å². The van der Waals surface area contributed by atoms with E-state index in [0.717, 1.165) is 24.1 Å². The molecule has 2 heterocycles. The van der Waals surface area contributed by atoms with Crippen LogP contribution in [0.1, 0.15) is 34.1 Å². The predicted molar refractivity (Wildman–Crippen MR) is 117 cm³/mol. The lowest BCUT2D eigenvalue weighted by atomic mass is 9.85. The molecule has 0 radical (unpaired) electrons. The van der Waals surface area contributed by atoms with Crippen molar-refractivity contribution < 1.29 is 23.1 Å². The third-order valence-corrected chi connectivity index (χ3v) is 6.07. The first kappa shape index (κ1) is 24.0. The van der Waals surface area contributed by atoms with Crippen molar-refractivity contribution >= 4 is 11.8 Å². The quantitative estimate of drug-likeness (QED) is 0.592. The van der Waals surface area contributed by atoms with Gasteiger partial charge >= 0.3 is 0 Å². The summed E-state index contributed by atoms with van der Waals surface area (Å²) < 4.78 is 32.3. The number of hydrogen-bond donors (Lipinski definition) is 3. The number of benzene rings is 1. The molecule has 4 atom stereocenters. The minimum absolute atomic E-state index is 0.0510. The molecular formula is C23H32F2N4O3. The zero-order chi connectivity index (χ0) is 23.6. The van der Waals surface area contributed by atoms with Gasteiger partial charge in [0, 0.05) is 24.4 Å². The van der Waals surface area contributed by atoms with Gasteiger partial charge in [-0.15, -0.1) is 0 Å². The number of likely N-dealkylation sites (tertiary alicyclic amines) is 1. The topological polar surface area (TPSA) is 82.7 Å². The second-order valence-electron chi connectivity index (χ2n) is 9.44. The molecule has 0 aliphatic carbocycles. The van der Waals surface area contributed by atoms with E-state index in [9.17, 15) is 18.4 Å². The fourth-order valence-corrected chi connectivity index (χ4v) is 4.05. The summed E-state index contributed by atoms with van der Waals surface area (Å²) in [5.41, 5.74) is 0.351. The zero-order valence-electron chi connectivity index (χ0n) is 19.2. The number of nitrogens with one attached hydrogen (secondary N) is 3. The van der Waals surface area contributed by atoms with Gasteiger partial charge in [-0.2, -0.15) is 0 Å². The molecule has 2 amide bonds. The number of carbonyl (C=O) groups is 2. The summed E-state index contributed by atoms with van der Waals surface area (Å²) in [7, 11) is 1.69. The average molecular weight is 451 g/mol. The summed E-state index contributed by atoms with van der Waals surface area (Å²) in [6.45, 7) is 8.18. The molecule has 2 aliphatic rings. The molecule has 4 unspecified atom stereocenters. The van der Waals surface area contributed by atoms with Gasteiger partial charge in [0.15, 0.2) is 11.6 Å². The van der Waals surface area contributed by atoms with Crippen LogP contribution in [0.25, 0.3) is 0 Å². The van der Waals surface area contributed by atoms with E-state index in [-0.39, 0.29) is 36.3 Å². The van der Waals surface area contributed by atoms with Gasteiger partial charge in [-0.05, 0) is 37.9 Å². The van der Waals surface area contributed by atoms with Crippen molar-refractivity contribution in [2.75, 3.05) is 20.2 Å². The lowest BCUT2D eigenvalue weighted by Gasteiger charge is -2.36. The van der Waals surface area contributed by atoms with Gasteiger partial charge in [-0.1, -0.05) is 20.8 Å². The molecule has 176 valence electrons. The number of halogens is 2. The lowest BCUT2D eigenvalue weighted by molar-refractivity contribution is -0.140. The Morgan fingerprint density at radius 2 is 2.00 bits per heavy atom. The molecule has 2 aliphatic heterocycles. The Hall–Kier alpha value is -2.68. The fourth-order valence-electron chi connectivity index (χ4n) is 4.05. The smallest absolute Gasteiger partial charge is 0.246 e. The van der Waals surface area contributed by atoms with Crippen LogP contribution >= 0.6 is 0 Å². The number of carbonyl (C=O) groups excluding carboxylic acids is 2. The van der Waals surface area contributed by atoms with Gasteiger partial charge in [-0.3, -0.25) is 9.59 Å². The normalized spacial score (nSPS) is 22.0. The monoisotopic (exact) mass is 450 g/mol. The molecule has 1 saturated heterocycles. The maximum absolute atomic E-state index is 13.6. The van der Waals surface area contributed by atoms with Gasteiger partial charge in [0.1, 0.15) is 18.4 Å². The first-order chi connectivity index (χ1) is 15.0.